The first-order valence-corrected chi connectivity index (χ1v) is 7.77. The summed E-state index contributed by atoms with van der Waals surface area (Å²) in [5.74, 6) is 0.853. The zero-order valence-electron chi connectivity index (χ0n) is 13.8. The number of ether oxygens (including phenoxy) is 1. The standard InChI is InChI=1S/C16H23N3O4/c1-4-18(5-2)11-15(20)17-9-8-16-19(21)13-7-6-12(22-3)10-14(13)23-16/h6-7,10H,4-5,8-9,11H2,1-3H3,(H,17,20). The largest absolute Gasteiger partial charge is 0.616 e. The first kappa shape index (κ1) is 17.1. The van der Waals surface area contributed by atoms with Gasteiger partial charge in [-0.25, -0.2) is 0 Å². The fourth-order valence-corrected chi connectivity index (χ4v) is 2.34. The second-order valence-electron chi connectivity index (χ2n) is 5.19. The summed E-state index contributed by atoms with van der Waals surface area (Å²) in [4.78, 5) is 13.8. The van der Waals surface area contributed by atoms with Crippen molar-refractivity contribution in [3.8, 4) is 5.75 Å². The zero-order valence-corrected chi connectivity index (χ0v) is 13.8. The lowest BCUT2D eigenvalue weighted by atomic mass is 10.3. The Morgan fingerprint density at radius 1 is 1.39 bits per heavy atom. The Morgan fingerprint density at radius 3 is 2.78 bits per heavy atom. The summed E-state index contributed by atoms with van der Waals surface area (Å²) in [7, 11) is 1.56. The third-order valence-corrected chi connectivity index (χ3v) is 3.76. The maximum Gasteiger partial charge on any atom is 0.361 e. The number of rotatable bonds is 8. The lowest BCUT2D eigenvalue weighted by molar-refractivity contribution is -0.592. The van der Waals surface area contributed by atoms with Crippen molar-refractivity contribution in [1.29, 1.82) is 0 Å². The number of nitrogens with zero attached hydrogens (tertiary/aromatic N) is 2. The molecule has 7 nitrogen and oxygen atoms in total. The predicted octanol–water partition coefficient (Wildman–Crippen LogP) is 1.08. The number of fused-ring (bicyclic) bond motifs is 1. The third-order valence-electron chi connectivity index (χ3n) is 3.76. The molecule has 2 rings (SSSR count). The van der Waals surface area contributed by atoms with Crippen LogP contribution >= 0.6 is 0 Å². The van der Waals surface area contributed by atoms with Gasteiger partial charge in [-0.3, -0.25) is 9.69 Å². The first-order valence-electron chi connectivity index (χ1n) is 7.77. The van der Waals surface area contributed by atoms with Gasteiger partial charge in [-0.15, -0.1) is 4.73 Å². The number of hydrogen-bond acceptors (Lipinski definition) is 5. The fraction of sp³-hybridized carbons (Fsp3) is 0.500. The van der Waals surface area contributed by atoms with Gasteiger partial charge in [0.25, 0.3) is 5.52 Å². The molecular formula is C16H23N3O4. The van der Waals surface area contributed by atoms with Crippen molar-refractivity contribution >= 4 is 17.0 Å². The SMILES string of the molecule is CCN(CC)CC(=O)NCCc1oc2cc(OC)ccc2[n+]1[O-]. The van der Waals surface area contributed by atoms with Crippen LogP contribution in [-0.2, 0) is 11.2 Å². The van der Waals surface area contributed by atoms with Gasteiger partial charge in [0, 0.05) is 18.7 Å². The number of hydrogen-bond donors (Lipinski definition) is 1. The molecular weight excluding hydrogens is 298 g/mol. The number of oxazole rings is 1. The van der Waals surface area contributed by atoms with Gasteiger partial charge in [-0.2, -0.15) is 0 Å². The van der Waals surface area contributed by atoms with E-state index in [2.05, 4.69) is 5.32 Å². The van der Waals surface area contributed by atoms with Crippen LogP contribution in [0.3, 0.4) is 0 Å². The van der Waals surface area contributed by atoms with Crippen molar-refractivity contribution in [1.82, 2.24) is 10.2 Å². The number of amides is 1. The Bertz CT molecular complexity index is 665. The summed E-state index contributed by atoms with van der Waals surface area (Å²) in [5, 5.41) is 14.9. The lowest BCUT2D eigenvalue weighted by Gasteiger charge is -2.16. The average molecular weight is 321 g/mol. The normalized spacial score (nSPS) is 11.1. The number of methoxy groups -OCH3 is 1. The number of carbonyl (C=O) groups excluding carboxylic acids is 1. The number of nitrogens with one attached hydrogen (secondary N) is 1. The number of likely N-dealkylation sites (N-methyl/N-ethyl adjacent to an activating group) is 1. The van der Waals surface area contributed by atoms with E-state index in [9.17, 15) is 10.0 Å². The van der Waals surface area contributed by atoms with Gasteiger partial charge in [0.05, 0.1) is 20.1 Å². The van der Waals surface area contributed by atoms with Crippen LogP contribution in [0.15, 0.2) is 22.6 Å². The summed E-state index contributed by atoms with van der Waals surface area (Å²) < 4.78 is 11.4. The highest BCUT2D eigenvalue weighted by atomic mass is 16.5. The second-order valence-corrected chi connectivity index (χ2v) is 5.19. The Labute approximate surface area is 135 Å². The molecule has 0 aliphatic carbocycles. The predicted molar refractivity (Wildman–Crippen MR) is 86.2 cm³/mol. The molecule has 1 amide bonds. The van der Waals surface area contributed by atoms with E-state index >= 15 is 0 Å². The number of carbonyl (C=O) groups is 1. The van der Waals surface area contributed by atoms with Gasteiger partial charge < -0.3 is 19.7 Å². The molecule has 0 atom stereocenters. The molecule has 0 saturated carbocycles. The summed E-state index contributed by atoms with van der Waals surface area (Å²) in [6.45, 7) is 6.41. The van der Waals surface area contributed by atoms with E-state index in [1.54, 1.807) is 25.3 Å². The molecule has 0 spiro atoms. The van der Waals surface area contributed by atoms with E-state index < -0.39 is 0 Å². The van der Waals surface area contributed by atoms with Crippen molar-refractivity contribution in [2.24, 2.45) is 0 Å². The van der Waals surface area contributed by atoms with Gasteiger partial charge in [0.1, 0.15) is 5.75 Å². The van der Waals surface area contributed by atoms with Gasteiger partial charge >= 0.3 is 5.89 Å². The topological polar surface area (TPSA) is 81.7 Å². The number of aromatic nitrogens is 1. The molecule has 0 saturated heterocycles. The van der Waals surface area contributed by atoms with E-state index in [-0.39, 0.29) is 11.8 Å². The second kappa shape index (κ2) is 7.82. The van der Waals surface area contributed by atoms with Crippen LogP contribution in [0.5, 0.6) is 5.75 Å². The van der Waals surface area contributed by atoms with E-state index in [0.717, 1.165) is 17.8 Å². The average Bonchev–Trinajstić information content (AvgIpc) is 2.88. The zero-order chi connectivity index (χ0) is 16.8. The van der Waals surface area contributed by atoms with Crippen molar-refractivity contribution in [2.45, 2.75) is 20.3 Å². The summed E-state index contributed by atoms with van der Waals surface area (Å²) >= 11 is 0. The van der Waals surface area contributed by atoms with Crippen LogP contribution in [0.4, 0.5) is 0 Å². The van der Waals surface area contributed by atoms with Crippen molar-refractivity contribution in [3.05, 3.63) is 29.3 Å². The molecule has 1 aromatic carbocycles. The molecule has 0 unspecified atom stereocenters. The van der Waals surface area contributed by atoms with E-state index in [1.165, 1.54) is 0 Å². The minimum absolute atomic E-state index is 0.0519. The van der Waals surface area contributed by atoms with Crippen molar-refractivity contribution in [2.75, 3.05) is 33.3 Å². The van der Waals surface area contributed by atoms with Crippen LogP contribution in [0.25, 0.3) is 11.1 Å². The summed E-state index contributed by atoms with van der Waals surface area (Å²) in [5.41, 5.74) is 0.930. The fourth-order valence-electron chi connectivity index (χ4n) is 2.34. The van der Waals surface area contributed by atoms with Gasteiger partial charge in [-0.1, -0.05) is 13.8 Å². The quantitative estimate of drug-likeness (QED) is 0.581. The molecule has 0 radical (unpaired) electrons. The van der Waals surface area contributed by atoms with E-state index in [4.69, 9.17) is 9.15 Å². The van der Waals surface area contributed by atoms with Gasteiger partial charge in [0.2, 0.25) is 11.5 Å². The van der Waals surface area contributed by atoms with Crippen LogP contribution < -0.4 is 14.8 Å². The maximum atomic E-state index is 12.1. The van der Waals surface area contributed by atoms with Crippen LogP contribution in [0.2, 0.25) is 0 Å². The molecule has 126 valence electrons. The molecule has 0 aliphatic heterocycles. The van der Waals surface area contributed by atoms with Crippen molar-refractivity contribution in [3.63, 3.8) is 0 Å². The molecule has 7 heteroatoms. The smallest absolute Gasteiger partial charge is 0.361 e. The lowest BCUT2D eigenvalue weighted by Crippen LogP contribution is -2.39. The molecule has 1 N–H and O–H groups in total. The highest BCUT2D eigenvalue weighted by Gasteiger charge is 2.18. The summed E-state index contributed by atoms with van der Waals surface area (Å²) in [6, 6.07) is 5.04. The first-order chi connectivity index (χ1) is 11.1. The number of benzene rings is 1. The molecule has 0 fully saturated rings. The molecule has 0 bridgehead atoms. The Kier molecular flexibility index (Phi) is 5.81. The van der Waals surface area contributed by atoms with Crippen LogP contribution in [0, 0.1) is 5.21 Å². The van der Waals surface area contributed by atoms with E-state index in [1.807, 2.05) is 18.7 Å². The molecule has 2 aromatic rings. The van der Waals surface area contributed by atoms with Gasteiger partial charge in [-0.05, 0) is 19.2 Å². The monoisotopic (exact) mass is 321 g/mol. The van der Waals surface area contributed by atoms with Gasteiger partial charge in [0.15, 0.2) is 0 Å². The Hall–Kier alpha value is -2.28. The highest BCUT2D eigenvalue weighted by molar-refractivity contribution is 5.78. The minimum atomic E-state index is -0.0519. The third kappa shape index (κ3) is 4.13. The highest BCUT2D eigenvalue weighted by Crippen LogP contribution is 2.20. The van der Waals surface area contributed by atoms with Crippen molar-refractivity contribution < 1.29 is 18.7 Å². The summed E-state index contributed by atoms with van der Waals surface area (Å²) in [6.07, 6.45) is 0.338. The Morgan fingerprint density at radius 2 is 2.13 bits per heavy atom. The van der Waals surface area contributed by atoms with Crippen LogP contribution in [-0.4, -0.2) is 44.1 Å². The minimum Gasteiger partial charge on any atom is -0.616 e. The molecule has 1 heterocycles. The molecule has 23 heavy (non-hydrogen) atoms. The Balaban J connectivity index is 1.94. The van der Waals surface area contributed by atoms with Crippen LogP contribution in [0.1, 0.15) is 19.7 Å². The molecule has 1 aromatic heterocycles. The van der Waals surface area contributed by atoms with E-state index in [0.29, 0.717) is 36.4 Å². The molecule has 0 aliphatic rings. The maximum absolute atomic E-state index is 12.1.